The maximum absolute atomic E-state index is 10.5. The molecule has 0 aliphatic carbocycles. The highest BCUT2D eigenvalue weighted by atomic mass is 19.4. The minimum absolute atomic E-state index is 1.12. The molecule has 0 spiro atoms. The topological polar surface area (TPSA) is 59.8 Å². The van der Waals surface area contributed by atoms with Gasteiger partial charge in [-0.1, -0.05) is 6.92 Å². The second-order valence-electron chi connectivity index (χ2n) is 3.02. The van der Waals surface area contributed by atoms with Gasteiger partial charge in [0.1, 0.15) is 18.4 Å². The van der Waals surface area contributed by atoms with E-state index >= 15 is 0 Å². The van der Waals surface area contributed by atoms with E-state index in [1.807, 2.05) is 6.20 Å². The maximum Gasteiger partial charge on any atom is 0.430 e. The number of hydrogen-bond acceptors (Lipinski definition) is 2. The largest absolute Gasteiger partial charge is 0.542 e. The van der Waals surface area contributed by atoms with Crippen LogP contribution in [0.25, 0.3) is 0 Å². The molecule has 1 aromatic heterocycles. The number of carboxylic acids is 1. The Morgan fingerprint density at radius 3 is 2.31 bits per heavy atom. The second-order valence-corrected chi connectivity index (χ2v) is 3.02. The fraction of sp³-hybridized carbons (Fsp3) is 0.556. The lowest BCUT2D eigenvalue weighted by atomic mass is 10.5. The van der Waals surface area contributed by atoms with Crippen LogP contribution in [0.15, 0.2) is 12.4 Å². The van der Waals surface area contributed by atoms with Crippen LogP contribution in [0.5, 0.6) is 0 Å². The Bertz CT molecular complexity index is 334. The lowest BCUT2D eigenvalue weighted by Crippen LogP contribution is -2.37. The molecule has 1 heterocycles. The van der Waals surface area contributed by atoms with Gasteiger partial charge in [-0.3, -0.25) is 0 Å². The third-order valence-electron chi connectivity index (χ3n) is 1.67. The molecule has 16 heavy (non-hydrogen) atoms. The monoisotopic (exact) mass is 238 g/mol. The minimum atomic E-state index is -5.19. The van der Waals surface area contributed by atoms with Gasteiger partial charge in [-0.2, -0.15) is 13.2 Å². The molecule has 4 nitrogen and oxygen atoms in total. The molecule has 1 rings (SSSR count). The number of nitrogens with one attached hydrogen (secondary N) is 1. The molecule has 0 fully saturated rings. The van der Waals surface area contributed by atoms with Crippen LogP contribution in [0.4, 0.5) is 13.2 Å². The SMILES string of the molecule is CCC[n+]1cc[nH]c1C.O=C([O-])C(F)(F)F. The number of carboxylic acid groups (broad SMARTS) is 1. The molecule has 0 amide bonds. The van der Waals surface area contributed by atoms with E-state index < -0.39 is 12.1 Å². The Morgan fingerprint density at radius 2 is 2.06 bits per heavy atom. The number of carbonyl (C=O) groups is 1. The number of alkyl halides is 3. The second kappa shape index (κ2) is 6.14. The van der Waals surface area contributed by atoms with Gasteiger partial charge in [0.2, 0.25) is 0 Å². The normalized spacial score (nSPS) is 10.6. The van der Waals surface area contributed by atoms with Crippen LogP contribution in [-0.2, 0) is 11.3 Å². The summed E-state index contributed by atoms with van der Waals surface area (Å²) in [6, 6.07) is 0. The van der Waals surface area contributed by atoms with Gasteiger partial charge in [0, 0.05) is 6.92 Å². The van der Waals surface area contributed by atoms with Gasteiger partial charge < -0.3 is 9.90 Å². The summed E-state index contributed by atoms with van der Waals surface area (Å²) in [5.74, 6) is -1.77. The number of aromatic amines is 1. The molecule has 0 aliphatic heterocycles. The van der Waals surface area contributed by atoms with Crippen molar-refractivity contribution in [2.75, 3.05) is 0 Å². The summed E-state index contributed by atoms with van der Waals surface area (Å²) in [5, 5.41) is 8.78. The van der Waals surface area contributed by atoms with Crippen molar-refractivity contribution in [2.45, 2.75) is 33.0 Å². The first-order valence-electron chi connectivity index (χ1n) is 4.60. The van der Waals surface area contributed by atoms with Gasteiger partial charge in [-0.05, 0) is 6.42 Å². The number of halogens is 3. The Balaban J connectivity index is 0.000000293. The van der Waals surface area contributed by atoms with E-state index in [-0.39, 0.29) is 0 Å². The van der Waals surface area contributed by atoms with Crippen LogP contribution >= 0.6 is 0 Å². The number of imidazole rings is 1. The van der Waals surface area contributed by atoms with E-state index in [0.29, 0.717) is 0 Å². The molecular formula is C9H13F3N2O2. The predicted octanol–water partition coefficient (Wildman–Crippen LogP) is 0.319. The van der Waals surface area contributed by atoms with E-state index in [2.05, 4.69) is 29.6 Å². The van der Waals surface area contributed by atoms with Crippen molar-refractivity contribution < 1.29 is 27.6 Å². The minimum Gasteiger partial charge on any atom is -0.542 e. The number of aromatic nitrogens is 2. The molecule has 92 valence electrons. The molecule has 0 aliphatic rings. The van der Waals surface area contributed by atoms with Crippen molar-refractivity contribution >= 4 is 5.97 Å². The molecular weight excluding hydrogens is 225 g/mol. The Hall–Kier alpha value is -1.53. The summed E-state index contributed by atoms with van der Waals surface area (Å²) in [6.45, 7) is 5.38. The molecule has 1 N–H and O–H groups in total. The van der Waals surface area contributed by atoms with Gasteiger partial charge in [0.05, 0.1) is 6.54 Å². The fourth-order valence-electron chi connectivity index (χ4n) is 0.926. The van der Waals surface area contributed by atoms with Crippen molar-refractivity contribution in [3.8, 4) is 0 Å². The van der Waals surface area contributed by atoms with Gasteiger partial charge in [0.15, 0.2) is 0 Å². The molecule has 7 heteroatoms. The van der Waals surface area contributed by atoms with Gasteiger partial charge in [-0.15, -0.1) is 0 Å². The third-order valence-corrected chi connectivity index (χ3v) is 1.67. The van der Waals surface area contributed by atoms with Crippen LogP contribution in [0.3, 0.4) is 0 Å². The Morgan fingerprint density at radius 1 is 1.56 bits per heavy atom. The zero-order chi connectivity index (χ0) is 12.8. The van der Waals surface area contributed by atoms with Crippen molar-refractivity contribution in [1.29, 1.82) is 0 Å². The van der Waals surface area contributed by atoms with Gasteiger partial charge in [-0.25, -0.2) is 9.55 Å². The summed E-state index contributed by atoms with van der Waals surface area (Å²) in [5.41, 5.74) is 0. The van der Waals surface area contributed by atoms with Crippen LogP contribution in [0, 0.1) is 6.92 Å². The number of H-pyrrole nitrogens is 1. The average Bonchev–Trinajstić information content (AvgIpc) is 2.52. The molecule has 0 aromatic carbocycles. The number of aryl methyl sites for hydroxylation is 2. The molecule has 0 radical (unpaired) electrons. The molecule has 0 bridgehead atoms. The first-order valence-corrected chi connectivity index (χ1v) is 4.60. The van der Waals surface area contributed by atoms with Crippen LogP contribution in [0.2, 0.25) is 0 Å². The highest BCUT2D eigenvalue weighted by molar-refractivity contribution is 5.70. The number of carbonyl (C=O) groups excluding carboxylic acids is 1. The summed E-state index contributed by atoms with van der Waals surface area (Å²) in [6.07, 6.45) is 0.0349. The summed E-state index contributed by atoms with van der Waals surface area (Å²) >= 11 is 0. The van der Waals surface area contributed by atoms with Gasteiger partial charge in [0.25, 0.3) is 5.82 Å². The van der Waals surface area contributed by atoms with Crippen LogP contribution in [-0.4, -0.2) is 17.1 Å². The van der Waals surface area contributed by atoms with Crippen molar-refractivity contribution in [1.82, 2.24) is 4.98 Å². The molecule has 0 saturated carbocycles. The molecule has 0 atom stereocenters. The van der Waals surface area contributed by atoms with Crippen molar-refractivity contribution in [2.24, 2.45) is 0 Å². The standard InChI is InChI=1S/C7H12N2.C2HF3O2/c1-3-5-9-6-4-8-7(9)2;3-2(4,5)1(6)7/h4,6H,3,5H2,1-2H3;(H,6,7). The Labute approximate surface area is 90.7 Å². The molecule has 0 unspecified atom stereocenters. The van der Waals surface area contributed by atoms with E-state index in [1.165, 1.54) is 12.2 Å². The first kappa shape index (κ1) is 14.5. The lowest BCUT2D eigenvalue weighted by molar-refractivity contribution is -0.701. The Kier molecular flexibility index (Phi) is 5.55. The highest BCUT2D eigenvalue weighted by Crippen LogP contribution is 2.11. The smallest absolute Gasteiger partial charge is 0.430 e. The van der Waals surface area contributed by atoms with E-state index in [1.54, 1.807) is 0 Å². The number of aliphatic carboxylic acids is 1. The summed E-state index contributed by atoms with van der Waals surface area (Å²) < 4.78 is 33.8. The van der Waals surface area contributed by atoms with E-state index in [0.717, 1.165) is 6.54 Å². The average molecular weight is 238 g/mol. The fourth-order valence-corrected chi connectivity index (χ4v) is 0.926. The number of rotatable bonds is 2. The van der Waals surface area contributed by atoms with Gasteiger partial charge >= 0.3 is 6.18 Å². The zero-order valence-corrected chi connectivity index (χ0v) is 8.97. The quantitative estimate of drug-likeness (QED) is 0.754. The molecule has 1 aromatic rings. The number of nitrogens with zero attached hydrogens (tertiary/aromatic N) is 1. The number of hydrogen-bond donors (Lipinski definition) is 1. The van der Waals surface area contributed by atoms with Crippen LogP contribution < -0.4 is 9.67 Å². The summed E-state index contributed by atoms with van der Waals surface area (Å²) in [4.78, 5) is 11.9. The maximum atomic E-state index is 10.5. The van der Waals surface area contributed by atoms with E-state index in [4.69, 9.17) is 9.90 Å². The highest BCUT2D eigenvalue weighted by Gasteiger charge is 2.28. The van der Waals surface area contributed by atoms with Crippen molar-refractivity contribution in [3.05, 3.63) is 18.2 Å². The zero-order valence-electron chi connectivity index (χ0n) is 8.97. The predicted molar refractivity (Wildman–Crippen MR) is 47.1 cm³/mol. The van der Waals surface area contributed by atoms with Crippen molar-refractivity contribution in [3.63, 3.8) is 0 Å². The van der Waals surface area contributed by atoms with Crippen LogP contribution in [0.1, 0.15) is 19.2 Å². The summed E-state index contributed by atoms with van der Waals surface area (Å²) in [7, 11) is 0. The third kappa shape index (κ3) is 5.38. The van der Waals surface area contributed by atoms with E-state index in [9.17, 15) is 13.2 Å². The lowest BCUT2D eigenvalue weighted by Gasteiger charge is -2.03. The molecule has 0 saturated heterocycles. The first-order chi connectivity index (χ1) is 7.29.